The highest BCUT2D eigenvalue weighted by molar-refractivity contribution is 6.25. The summed E-state index contributed by atoms with van der Waals surface area (Å²) in [6, 6.07) is 55.5. The van der Waals surface area contributed by atoms with Crippen LogP contribution in [0.1, 0.15) is 0 Å². The molecule has 2 heterocycles. The molecule has 0 aliphatic heterocycles. The molecule has 0 aliphatic rings. The van der Waals surface area contributed by atoms with E-state index in [1.165, 1.54) is 81.8 Å². The van der Waals surface area contributed by atoms with Gasteiger partial charge in [-0.25, -0.2) is 0 Å². The highest BCUT2D eigenvalue weighted by Crippen LogP contribution is 2.41. The van der Waals surface area contributed by atoms with Gasteiger partial charge in [-0.05, 0) is 85.9 Å². The van der Waals surface area contributed by atoms with Gasteiger partial charge in [0.2, 0.25) is 0 Å². The molecule has 0 N–H and O–H groups in total. The Morgan fingerprint density at radius 1 is 0.364 bits per heavy atom. The number of hydrogen-bond donors (Lipinski definition) is 0. The quantitative estimate of drug-likeness (QED) is 0.191. The third-order valence-electron chi connectivity index (χ3n) is 9.49. The smallest absolute Gasteiger partial charge is 0.0628 e. The lowest BCUT2D eigenvalue weighted by Gasteiger charge is -2.15. The molecule has 0 radical (unpaired) electrons. The Balaban J connectivity index is 1.18. The first-order valence-corrected chi connectivity index (χ1v) is 15.2. The van der Waals surface area contributed by atoms with E-state index in [2.05, 4.69) is 167 Å². The molecular formula is C42H26N2. The zero-order valence-corrected chi connectivity index (χ0v) is 23.9. The number of nitrogens with zero attached hydrogens (tertiary/aromatic N) is 2. The molecule has 10 aromatic rings. The molecule has 0 fully saturated rings. The van der Waals surface area contributed by atoms with E-state index in [-0.39, 0.29) is 0 Å². The maximum absolute atomic E-state index is 2.42. The van der Waals surface area contributed by atoms with Crippen molar-refractivity contribution in [2.45, 2.75) is 0 Å². The molecule has 10 rings (SSSR count). The van der Waals surface area contributed by atoms with Crippen molar-refractivity contribution < 1.29 is 0 Å². The van der Waals surface area contributed by atoms with Crippen LogP contribution in [0, 0.1) is 0 Å². The van der Waals surface area contributed by atoms with Gasteiger partial charge in [-0.1, -0.05) is 109 Å². The number of rotatable bonds is 3. The number of aromatic nitrogens is 2. The molecule has 2 heteroatoms. The van der Waals surface area contributed by atoms with Gasteiger partial charge >= 0.3 is 0 Å². The molecule has 0 saturated carbocycles. The summed E-state index contributed by atoms with van der Waals surface area (Å²) in [5.41, 5.74) is 8.50. The van der Waals surface area contributed by atoms with Gasteiger partial charge in [-0.15, -0.1) is 0 Å². The van der Waals surface area contributed by atoms with Crippen LogP contribution >= 0.6 is 0 Å². The molecule has 204 valence electrons. The SMILES string of the molecule is c1ccc(-n2ccc3ccc4c(c5ccccc5n4-c4ccc(-c5ccc6ccc7cccc8ccc5c6c78)cc4)c32)cc1. The van der Waals surface area contributed by atoms with E-state index in [0.29, 0.717) is 0 Å². The van der Waals surface area contributed by atoms with E-state index in [4.69, 9.17) is 0 Å². The normalized spacial score (nSPS) is 12.1. The second-order valence-corrected chi connectivity index (χ2v) is 11.8. The number of benzene rings is 8. The Morgan fingerprint density at radius 3 is 1.91 bits per heavy atom. The Morgan fingerprint density at radius 2 is 1.07 bits per heavy atom. The van der Waals surface area contributed by atoms with Crippen molar-refractivity contribution in [2.75, 3.05) is 0 Å². The van der Waals surface area contributed by atoms with Crippen LogP contribution in [-0.4, -0.2) is 9.13 Å². The first-order chi connectivity index (χ1) is 21.8. The minimum absolute atomic E-state index is 1.16. The van der Waals surface area contributed by atoms with Crippen LogP contribution in [0.3, 0.4) is 0 Å². The highest BCUT2D eigenvalue weighted by atomic mass is 15.0. The van der Waals surface area contributed by atoms with Crippen molar-refractivity contribution in [1.29, 1.82) is 0 Å². The van der Waals surface area contributed by atoms with Crippen LogP contribution in [0.5, 0.6) is 0 Å². The minimum atomic E-state index is 1.16. The fourth-order valence-electron chi connectivity index (χ4n) is 7.54. The minimum Gasteiger partial charge on any atom is -0.316 e. The Bertz CT molecular complexity index is 2670. The van der Waals surface area contributed by atoms with Gasteiger partial charge in [-0.2, -0.15) is 0 Å². The summed E-state index contributed by atoms with van der Waals surface area (Å²) < 4.78 is 4.74. The average molecular weight is 559 g/mol. The van der Waals surface area contributed by atoms with Crippen molar-refractivity contribution in [1.82, 2.24) is 9.13 Å². The Kier molecular flexibility index (Phi) is 4.75. The molecule has 0 unspecified atom stereocenters. The molecule has 2 nitrogen and oxygen atoms in total. The topological polar surface area (TPSA) is 9.86 Å². The van der Waals surface area contributed by atoms with E-state index < -0.39 is 0 Å². The van der Waals surface area contributed by atoms with Gasteiger partial charge in [0.15, 0.2) is 0 Å². The summed E-state index contributed by atoms with van der Waals surface area (Å²) in [6.45, 7) is 0. The van der Waals surface area contributed by atoms with Crippen LogP contribution in [0.25, 0.3) is 87.5 Å². The van der Waals surface area contributed by atoms with Crippen LogP contribution in [0.15, 0.2) is 158 Å². The molecule has 2 aromatic heterocycles. The summed E-state index contributed by atoms with van der Waals surface area (Å²) in [5.74, 6) is 0. The van der Waals surface area contributed by atoms with Crippen molar-refractivity contribution in [3.8, 4) is 22.5 Å². The lowest BCUT2D eigenvalue weighted by molar-refractivity contribution is 1.13. The summed E-state index contributed by atoms with van der Waals surface area (Å²) >= 11 is 0. The number of hydrogen-bond acceptors (Lipinski definition) is 0. The third-order valence-corrected chi connectivity index (χ3v) is 9.49. The zero-order chi connectivity index (χ0) is 28.8. The predicted molar refractivity (Wildman–Crippen MR) is 187 cm³/mol. The average Bonchev–Trinajstić information content (AvgIpc) is 3.67. The van der Waals surface area contributed by atoms with Crippen LogP contribution < -0.4 is 0 Å². The van der Waals surface area contributed by atoms with E-state index >= 15 is 0 Å². The van der Waals surface area contributed by atoms with Gasteiger partial charge < -0.3 is 9.13 Å². The van der Waals surface area contributed by atoms with Crippen molar-refractivity contribution >= 4 is 65.0 Å². The van der Waals surface area contributed by atoms with E-state index in [1.807, 2.05) is 0 Å². The van der Waals surface area contributed by atoms with Crippen LogP contribution in [-0.2, 0) is 0 Å². The van der Waals surface area contributed by atoms with Gasteiger partial charge in [0.25, 0.3) is 0 Å². The lowest BCUT2D eigenvalue weighted by atomic mass is 9.90. The summed E-state index contributed by atoms with van der Waals surface area (Å²) in [6.07, 6.45) is 2.19. The first-order valence-electron chi connectivity index (χ1n) is 15.2. The fourth-order valence-corrected chi connectivity index (χ4v) is 7.54. The highest BCUT2D eigenvalue weighted by Gasteiger charge is 2.18. The largest absolute Gasteiger partial charge is 0.316 e. The lowest BCUT2D eigenvalue weighted by Crippen LogP contribution is -1.95. The van der Waals surface area contributed by atoms with Crippen LogP contribution in [0.4, 0.5) is 0 Å². The molecule has 0 spiro atoms. The van der Waals surface area contributed by atoms with Gasteiger partial charge in [0.1, 0.15) is 0 Å². The molecule has 0 bridgehead atoms. The Labute approximate surface area is 254 Å². The van der Waals surface area contributed by atoms with Gasteiger partial charge in [0.05, 0.1) is 16.6 Å². The molecule has 8 aromatic carbocycles. The summed E-state index contributed by atoms with van der Waals surface area (Å²) in [5, 5.41) is 11.7. The van der Waals surface area contributed by atoms with Crippen molar-refractivity contribution in [3.05, 3.63) is 158 Å². The number of para-hydroxylation sites is 2. The maximum atomic E-state index is 2.42. The Hall–Kier alpha value is -5.86. The first kappa shape index (κ1) is 23.7. The summed E-state index contributed by atoms with van der Waals surface area (Å²) in [4.78, 5) is 0. The molecule has 0 atom stereocenters. The summed E-state index contributed by atoms with van der Waals surface area (Å²) in [7, 11) is 0. The van der Waals surface area contributed by atoms with Gasteiger partial charge in [-0.3, -0.25) is 0 Å². The van der Waals surface area contributed by atoms with E-state index in [9.17, 15) is 0 Å². The molecule has 44 heavy (non-hydrogen) atoms. The predicted octanol–water partition coefficient (Wildman–Crippen LogP) is 11.3. The molecule has 0 saturated heterocycles. The van der Waals surface area contributed by atoms with Crippen molar-refractivity contribution in [2.24, 2.45) is 0 Å². The maximum Gasteiger partial charge on any atom is 0.0628 e. The monoisotopic (exact) mass is 558 g/mol. The number of fused-ring (bicyclic) bond motifs is 5. The van der Waals surface area contributed by atoms with E-state index in [0.717, 1.165) is 5.69 Å². The van der Waals surface area contributed by atoms with E-state index in [1.54, 1.807) is 0 Å². The zero-order valence-electron chi connectivity index (χ0n) is 23.9. The molecule has 0 amide bonds. The van der Waals surface area contributed by atoms with Crippen LogP contribution in [0.2, 0.25) is 0 Å². The standard InChI is InChI=1S/C42H26N2/c1-2-9-32(10-3-1)43-26-25-31-19-24-38-41(42(31)43)36-11-4-5-12-37(36)44(38)33-20-15-27(16-21-33)34-22-17-30-14-13-28-7-6-8-29-18-23-35(34)40(30)39(28)29/h1-26H. The van der Waals surface area contributed by atoms with Gasteiger partial charge in [0, 0.05) is 33.7 Å². The molecular weight excluding hydrogens is 532 g/mol. The fraction of sp³-hybridized carbons (Fsp3) is 0. The molecule has 0 aliphatic carbocycles. The second kappa shape index (κ2) is 8.82. The second-order valence-electron chi connectivity index (χ2n) is 11.8. The third kappa shape index (κ3) is 3.20. The van der Waals surface area contributed by atoms with Crippen molar-refractivity contribution in [3.63, 3.8) is 0 Å².